The van der Waals surface area contributed by atoms with Crippen LogP contribution in [0.1, 0.15) is 44.9 Å². The van der Waals surface area contributed by atoms with E-state index in [0.29, 0.717) is 30.4 Å². The molecule has 4 atom stereocenters. The molecule has 0 bridgehead atoms. The third kappa shape index (κ3) is 3.29. The molecule has 2 N–H and O–H groups in total. The van der Waals surface area contributed by atoms with Crippen molar-refractivity contribution in [2.45, 2.75) is 57.1 Å². The number of hydrogen-bond acceptors (Lipinski definition) is 3. The van der Waals surface area contributed by atoms with Gasteiger partial charge in [0, 0.05) is 25.0 Å². The van der Waals surface area contributed by atoms with Crippen molar-refractivity contribution in [2.24, 2.45) is 11.8 Å². The van der Waals surface area contributed by atoms with Gasteiger partial charge in [0.05, 0.1) is 6.10 Å². The van der Waals surface area contributed by atoms with Gasteiger partial charge in [0.2, 0.25) is 5.91 Å². The molecule has 2 aliphatic heterocycles. The van der Waals surface area contributed by atoms with E-state index in [0.717, 1.165) is 39.0 Å². The number of carbonyl (C=O) groups is 1. The smallest absolute Gasteiger partial charge is 0.220 e. The summed E-state index contributed by atoms with van der Waals surface area (Å²) in [6.07, 6.45) is 8.03. The molecule has 4 unspecified atom stereocenters. The average molecular weight is 266 g/mol. The summed E-state index contributed by atoms with van der Waals surface area (Å²) in [4.78, 5) is 12.1. The van der Waals surface area contributed by atoms with Crippen LogP contribution >= 0.6 is 0 Å². The number of fused-ring (bicyclic) bond motifs is 1. The van der Waals surface area contributed by atoms with E-state index in [4.69, 9.17) is 4.74 Å². The number of amides is 1. The van der Waals surface area contributed by atoms with Gasteiger partial charge in [0.1, 0.15) is 0 Å². The van der Waals surface area contributed by atoms with E-state index in [1.165, 1.54) is 19.3 Å². The van der Waals surface area contributed by atoms with E-state index in [-0.39, 0.29) is 5.91 Å². The van der Waals surface area contributed by atoms with Gasteiger partial charge in [-0.05, 0) is 57.5 Å². The Morgan fingerprint density at radius 3 is 3.05 bits per heavy atom. The van der Waals surface area contributed by atoms with E-state index in [1.54, 1.807) is 0 Å². The lowest BCUT2D eigenvalue weighted by atomic mass is 9.81. The molecule has 0 spiro atoms. The molecule has 0 radical (unpaired) electrons. The third-order valence-corrected chi connectivity index (χ3v) is 5.07. The summed E-state index contributed by atoms with van der Waals surface area (Å²) in [6.45, 7) is 3.10. The van der Waals surface area contributed by atoms with E-state index in [2.05, 4.69) is 10.6 Å². The van der Waals surface area contributed by atoms with Crippen molar-refractivity contribution in [3.8, 4) is 0 Å². The topological polar surface area (TPSA) is 50.4 Å². The second-order valence-electron chi connectivity index (χ2n) is 6.36. The van der Waals surface area contributed by atoms with Gasteiger partial charge in [0.15, 0.2) is 0 Å². The number of rotatable bonds is 4. The molecule has 2 saturated heterocycles. The monoisotopic (exact) mass is 266 g/mol. The zero-order valence-electron chi connectivity index (χ0n) is 11.7. The predicted molar refractivity (Wildman–Crippen MR) is 73.8 cm³/mol. The van der Waals surface area contributed by atoms with Crippen LogP contribution in [0, 0.1) is 11.8 Å². The minimum Gasteiger partial charge on any atom is -0.378 e. The average Bonchev–Trinajstić information content (AvgIpc) is 3.08. The van der Waals surface area contributed by atoms with Gasteiger partial charge in [0.25, 0.3) is 0 Å². The highest BCUT2D eigenvalue weighted by atomic mass is 16.5. The Morgan fingerprint density at radius 1 is 1.26 bits per heavy atom. The number of nitrogens with one attached hydrogen (secondary N) is 2. The predicted octanol–water partition coefficient (Wildman–Crippen LogP) is 1.45. The summed E-state index contributed by atoms with van der Waals surface area (Å²) < 4.78 is 5.75. The second-order valence-corrected chi connectivity index (χ2v) is 6.36. The molecule has 108 valence electrons. The fraction of sp³-hybridized carbons (Fsp3) is 0.933. The van der Waals surface area contributed by atoms with Gasteiger partial charge in [-0.1, -0.05) is 0 Å². The first-order chi connectivity index (χ1) is 9.33. The van der Waals surface area contributed by atoms with Crippen LogP contribution < -0.4 is 10.6 Å². The molecule has 3 aliphatic rings. The molecular weight excluding hydrogens is 240 g/mol. The van der Waals surface area contributed by atoms with Crippen molar-refractivity contribution in [2.75, 3.05) is 19.7 Å². The summed E-state index contributed by atoms with van der Waals surface area (Å²) in [5.41, 5.74) is 0. The lowest BCUT2D eigenvalue weighted by Crippen LogP contribution is -2.45. The van der Waals surface area contributed by atoms with E-state index in [9.17, 15) is 4.79 Å². The summed E-state index contributed by atoms with van der Waals surface area (Å²) >= 11 is 0. The summed E-state index contributed by atoms with van der Waals surface area (Å²) in [5.74, 6) is 1.54. The molecule has 19 heavy (non-hydrogen) atoms. The van der Waals surface area contributed by atoms with E-state index in [1.807, 2.05) is 0 Å². The van der Waals surface area contributed by atoms with Crippen LogP contribution in [0.4, 0.5) is 0 Å². The minimum atomic E-state index is 0.254. The van der Waals surface area contributed by atoms with Crippen molar-refractivity contribution >= 4 is 5.91 Å². The van der Waals surface area contributed by atoms with Crippen LogP contribution in [0.25, 0.3) is 0 Å². The van der Waals surface area contributed by atoms with Crippen molar-refractivity contribution in [1.82, 2.24) is 10.6 Å². The molecule has 4 nitrogen and oxygen atoms in total. The Labute approximate surface area is 115 Å². The maximum atomic E-state index is 12.1. The van der Waals surface area contributed by atoms with Gasteiger partial charge in [-0.2, -0.15) is 0 Å². The molecular formula is C15H26N2O2. The summed E-state index contributed by atoms with van der Waals surface area (Å²) in [7, 11) is 0. The lowest BCUT2D eigenvalue weighted by Gasteiger charge is -2.33. The van der Waals surface area contributed by atoms with Crippen LogP contribution in [0.3, 0.4) is 0 Å². The largest absolute Gasteiger partial charge is 0.378 e. The molecule has 1 aliphatic carbocycles. The van der Waals surface area contributed by atoms with Gasteiger partial charge in [-0.3, -0.25) is 4.79 Å². The zero-order valence-corrected chi connectivity index (χ0v) is 11.7. The highest BCUT2D eigenvalue weighted by Gasteiger charge is 2.38. The Hall–Kier alpha value is -0.610. The Kier molecular flexibility index (Phi) is 4.38. The van der Waals surface area contributed by atoms with Gasteiger partial charge in [-0.25, -0.2) is 0 Å². The first-order valence-corrected chi connectivity index (χ1v) is 7.94. The highest BCUT2D eigenvalue weighted by Crippen LogP contribution is 2.34. The van der Waals surface area contributed by atoms with Crippen LogP contribution in [-0.2, 0) is 9.53 Å². The molecule has 0 aromatic heterocycles. The second kappa shape index (κ2) is 6.23. The molecule has 0 aromatic rings. The van der Waals surface area contributed by atoms with Crippen LogP contribution in [0.5, 0.6) is 0 Å². The number of hydrogen-bond donors (Lipinski definition) is 2. The van der Waals surface area contributed by atoms with Crippen molar-refractivity contribution in [1.29, 1.82) is 0 Å². The Bertz CT molecular complexity index is 315. The molecule has 3 rings (SSSR count). The lowest BCUT2D eigenvalue weighted by molar-refractivity contribution is -0.122. The van der Waals surface area contributed by atoms with E-state index < -0.39 is 0 Å². The number of carbonyl (C=O) groups excluding carboxylic acids is 1. The Morgan fingerprint density at radius 2 is 2.21 bits per heavy atom. The van der Waals surface area contributed by atoms with Crippen LogP contribution in [0.2, 0.25) is 0 Å². The van der Waals surface area contributed by atoms with Gasteiger partial charge in [-0.15, -0.1) is 0 Å². The van der Waals surface area contributed by atoms with Crippen molar-refractivity contribution < 1.29 is 9.53 Å². The van der Waals surface area contributed by atoms with Crippen molar-refractivity contribution in [3.63, 3.8) is 0 Å². The quantitative estimate of drug-likeness (QED) is 0.810. The maximum Gasteiger partial charge on any atom is 0.220 e. The SMILES string of the molecule is O=C(CCC1CCNC1)NC1CCCC2OCCC12. The summed E-state index contributed by atoms with van der Waals surface area (Å²) in [6, 6.07) is 0.371. The van der Waals surface area contributed by atoms with Crippen LogP contribution in [0.15, 0.2) is 0 Å². The fourth-order valence-electron chi connectivity index (χ4n) is 3.93. The van der Waals surface area contributed by atoms with Gasteiger partial charge >= 0.3 is 0 Å². The van der Waals surface area contributed by atoms with Crippen molar-refractivity contribution in [3.05, 3.63) is 0 Å². The molecule has 1 amide bonds. The summed E-state index contributed by atoms with van der Waals surface area (Å²) in [5, 5.41) is 6.63. The molecule has 0 aromatic carbocycles. The van der Waals surface area contributed by atoms with Gasteiger partial charge < -0.3 is 15.4 Å². The third-order valence-electron chi connectivity index (χ3n) is 5.07. The van der Waals surface area contributed by atoms with Crippen LogP contribution in [-0.4, -0.2) is 37.7 Å². The normalized spacial score (nSPS) is 38.1. The molecule has 3 fully saturated rings. The maximum absolute atomic E-state index is 12.1. The minimum absolute atomic E-state index is 0.254. The first kappa shape index (κ1) is 13.4. The fourth-order valence-corrected chi connectivity index (χ4v) is 3.93. The molecule has 2 heterocycles. The van der Waals surface area contributed by atoms with E-state index >= 15 is 0 Å². The number of ether oxygens (including phenoxy) is 1. The highest BCUT2D eigenvalue weighted by molar-refractivity contribution is 5.76. The molecule has 4 heteroatoms. The molecule has 1 saturated carbocycles. The first-order valence-electron chi connectivity index (χ1n) is 7.94. The zero-order chi connectivity index (χ0) is 13.1. The Balaban J connectivity index is 1.43. The standard InChI is InChI=1S/C15H26N2O2/c18-15(5-4-11-6-8-16-10-11)17-13-2-1-3-14-12(13)7-9-19-14/h11-14,16H,1-10H2,(H,17,18).